The Balaban J connectivity index is 2.10. The van der Waals surface area contributed by atoms with Crippen molar-refractivity contribution >= 4 is 11.6 Å². The van der Waals surface area contributed by atoms with Crippen LogP contribution in [0.3, 0.4) is 0 Å². The van der Waals surface area contributed by atoms with Gasteiger partial charge in [0.1, 0.15) is 5.82 Å². The maximum absolute atomic E-state index is 6.13. The third kappa shape index (κ3) is 3.08. The first-order valence-electron chi connectivity index (χ1n) is 5.80. The molecule has 4 heteroatoms. The molecule has 2 aromatic rings. The molecule has 0 aliphatic carbocycles. The van der Waals surface area contributed by atoms with Gasteiger partial charge >= 0.3 is 0 Å². The van der Waals surface area contributed by atoms with Crippen LogP contribution in [0, 0.1) is 0 Å². The molecule has 1 aromatic heterocycles. The Morgan fingerprint density at radius 2 is 2.18 bits per heavy atom. The number of H-pyrrole nitrogens is 1. The Hall–Kier alpha value is -1.32. The molecule has 0 saturated carbocycles. The minimum atomic E-state index is 0.740. The fraction of sp³-hybridized carbons (Fsp3) is 0.308. The zero-order chi connectivity index (χ0) is 12.1. The lowest BCUT2D eigenvalue weighted by atomic mass is 10.2. The van der Waals surface area contributed by atoms with Crippen LogP contribution in [-0.4, -0.2) is 16.5 Å². The molecule has 0 saturated heterocycles. The number of hydrogen-bond donors (Lipinski definition) is 2. The normalized spacial score (nSPS) is 10.7. The van der Waals surface area contributed by atoms with E-state index in [1.807, 2.05) is 30.5 Å². The first-order chi connectivity index (χ1) is 8.31. The van der Waals surface area contributed by atoms with Crippen LogP contribution in [0.1, 0.15) is 19.2 Å². The van der Waals surface area contributed by atoms with E-state index in [1.165, 1.54) is 0 Å². The molecule has 0 atom stereocenters. The second-order valence-corrected chi connectivity index (χ2v) is 4.31. The average Bonchev–Trinajstić information content (AvgIpc) is 2.79. The van der Waals surface area contributed by atoms with Crippen LogP contribution in [0.15, 0.2) is 30.5 Å². The maximum Gasteiger partial charge on any atom is 0.120 e. The first-order valence-corrected chi connectivity index (χ1v) is 6.18. The van der Waals surface area contributed by atoms with Gasteiger partial charge in [0.05, 0.1) is 18.4 Å². The first kappa shape index (κ1) is 12.1. The molecule has 0 radical (unpaired) electrons. The summed E-state index contributed by atoms with van der Waals surface area (Å²) in [6.45, 7) is 3.91. The van der Waals surface area contributed by atoms with E-state index in [2.05, 4.69) is 22.2 Å². The Kier molecular flexibility index (Phi) is 4.18. The fourth-order valence-corrected chi connectivity index (χ4v) is 1.89. The number of nitrogens with one attached hydrogen (secondary N) is 2. The molecule has 0 aliphatic heterocycles. The Morgan fingerprint density at radius 1 is 1.35 bits per heavy atom. The van der Waals surface area contributed by atoms with Crippen LogP contribution >= 0.6 is 11.6 Å². The van der Waals surface area contributed by atoms with E-state index in [4.69, 9.17) is 11.6 Å². The lowest BCUT2D eigenvalue weighted by molar-refractivity contribution is 0.655. The van der Waals surface area contributed by atoms with Gasteiger partial charge < -0.3 is 10.3 Å². The van der Waals surface area contributed by atoms with Gasteiger partial charge in [-0.05, 0) is 19.0 Å². The van der Waals surface area contributed by atoms with Crippen molar-refractivity contribution < 1.29 is 0 Å². The lowest BCUT2D eigenvalue weighted by Gasteiger charge is -2.01. The van der Waals surface area contributed by atoms with E-state index in [0.717, 1.165) is 41.6 Å². The van der Waals surface area contributed by atoms with E-state index in [0.29, 0.717) is 0 Å². The molecular formula is C13H16ClN3. The summed E-state index contributed by atoms with van der Waals surface area (Å²) in [4.78, 5) is 7.60. The van der Waals surface area contributed by atoms with Gasteiger partial charge in [-0.3, -0.25) is 0 Å². The number of benzene rings is 1. The zero-order valence-electron chi connectivity index (χ0n) is 9.83. The number of hydrogen-bond acceptors (Lipinski definition) is 2. The van der Waals surface area contributed by atoms with Gasteiger partial charge in [0, 0.05) is 10.6 Å². The number of aromatic nitrogens is 2. The van der Waals surface area contributed by atoms with Crippen LogP contribution in [-0.2, 0) is 6.54 Å². The number of nitrogens with zero attached hydrogens (tertiary/aromatic N) is 1. The van der Waals surface area contributed by atoms with Crippen molar-refractivity contribution in [3.05, 3.63) is 41.3 Å². The number of aromatic amines is 1. The molecule has 3 nitrogen and oxygen atoms in total. The molecule has 2 rings (SSSR count). The van der Waals surface area contributed by atoms with Crippen LogP contribution in [0.2, 0.25) is 5.02 Å². The maximum atomic E-state index is 6.13. The Morgan fingerprint density at radius 3 is 2.94 bits per heavy atom. The minimum Gasteiger partial charge on any atom is -0.341 e. The molecule has 0 aliphatic rings. The third-order valence-electron chi connectivity index (χ3n) is 2.51. The summed E-state index contributed by atoms with van der Waals surface area (Å²) in [6.07, 6.45) is 2.95. The SMILES string of the molecule is CCCNCc1ncc(-c2ccccc2Cl)[nH]1. The topological polar surface area (TPSA) is 40.7 Å². The van der Waals surface area contributed by atoms with Crippen molar-refractivity contribution in [3.63, 3.8) is 0 Å². The summed E-state index contributed by atoms with van der Waals surface area (Å²) >= 11 is 6.13. The second-order valence-electron chi connectivity index (χ2n) is 3.90. The van der Waals surface area contributed by atoms with E-state index in [1.54, 1.807) is 0 Å². The summed E-state index contributed by atoms with van der Waals surface area (Å²) < 4.78 is 0. The summed E-state index contributed by atoms with van der Waals surface area (Å²) in [7, 11) is 0. The van der Waals surface area contributed by atoms with Gasteiger partial charge in [0.2, 0.25) is 0 Å². The molecule has 1 aromatic carbocycles. The summed E-state index contributed by atoms with van der Waals surface area (Å²) in [5, 5.41) is 4.04. The quantitative estimate of drug-likeness (QED) is 0.799. The van der Waals surface area contributed by atoms with Gasteiger partial charge in [-0.2, -0.15) is 0 Å². The third-order valence-corrected chi connectivity index (χ3v) is 2.84. The predicted octanol–water partition coefficient (Wildman–Crippen LogP) is 3.23. The van der Waals surface area contributed by atoms with Crippen molar-refractivity contribution in [2.45, 2.75) is 19.9 Å². The van der Waals surface area contributed by atoms with Gasteiger partial charge in [-0.15, -0.1) is 0 Å². The Labute approximate surface area is 106 Å². The highest BCUT2D eigenvalue weighted by molar-refractivity contribution is 6.33. The summed E-state index contributed by atoms with van der Waals surface area (Å²) in [5.74, 6) is 0.938. The van der Waals surface area contributed by atoms with Crippen molar-refractivity contribution in [1.82, 2.24) is 15.3 Å². The van der Waals surface area contributed by atoms with E-state index in [9.17, 15) is 0 Å². The second kappa shape index (κ2) is 5.84. The summed E-state index contributed by atoms with van der Waals surface area (Å²) in [6, 6.07) is 7.76. The molecule has 0 spiro atoms. The molecule has 0 bridgehead atoms. The van der Waals surface area contributed by atoms with Gasteiger partial charge in [0.15, 0.2) is 0 Å². The largest absolute Gasteiger partial charge is 0.341 e. The molecule has 17 heavy (non-hydrogen) atoms. The highest BCUT2D eigenvalue weighted by atomic mass is 35.5. The van der Waals surface area contributed by atoms with Crippen LogP contribution in [0.5, 0.6) is 0 Å². The standard InChI is InChI=1S/C13H16ClN3/c1-2-7-15-9-13-16-8-12(17-13)10-5-3-4-6-11(10)14/h3-6,8,15H,2,7,9H2,1H3,(H,16,17). The van der Waals surface area contributed by atoms with Crippen LogP contribution in [0.4, 0.5) is 0 Å². The summed E-state index contributed by atoms with van der Waals surface area (Å²) in [5.41, 5.74) is 1.95. The minimum absolute atomic E-state index is 0.740. The molecule has 0 fully saturated rings. The molecule has 1 heterocycles. The highest BCUT2D eigenvalue weighted by Gasteiger charge is 2.05. The lowest BCUT2D eigenvalue weighted by Crippen LogP contribution is -2.14. The number of imidazole rings is 1. The van der Waals surface area contributed by atoms with Gasteiger partial charge in [-0.1, -0.05) is 36.7 Å². The Bertz CT molecular complexity index is 479. The monoisotopic (exact) mass is 249 g/mol. The number of halogens is 1. The highest BCUT2D eigenvalue weighted by Crippen LogP contribution is 2.25. The number of rotatable bonds is 5. The molecule has 0 amide bonds. The molecule has 2 N–H and O–H groups in total. The zero-order valence-corrected chi connectivity index (χ0v) is 10.6. The molecule has 90 valence electrons. The molecular weight excluding hydrogens is 234 g/mol. The van der Waals surface area contributed by atoms with Crippen molar-refractivity contribution in [1.29, 1.82) is 0 Å². The van der Waals surface area contributed by atoms with Crippen molar-refractivity contribution in [2.24, 2.45) is 0 Å². The van der Waals surface area contributed by atoms with E-state index < -0.39 is 0 Å². The fourth-order valence-electron chi connectivity index (χ4n) is 1.65. The van der Waals surface area contributed by atoms with Crippen molar-refractivity contribution in [2.75, 3.05) is 6.54 Å². The van der Waals surface area contributed by atoms with Crippen LogP contribution in [0.25, 0.3) is 11.3 Å². The van der Waals surface area contributed by atoms with Crippen LogP contribution < -0.4 is 5.32 Å². The van der Waals surface area contributed by atoms with Gasteiger partial charge in [0.25, 0.3) is 0 Å². The average molecular weight is 250 g/mol. The van der Waals surface area contributed by atoms with E-state index >= 15 is 0 Å². The predicted molar refractivity (Wildman–Crippen MR) is 71.0 cm³/mol. The van der Waals surface area contributed by atoms with Crippen molar-refractivity contribution in [3.8, 4) is 11.3 Å². The molecule has 0 unspecified atom stereocenters. The van der Waals surface area contributed by atoms with E-state index in [-0.39, 0.29) is 0 Å². The smallest absolute Gasteiger partial charge is 0.120 e. The van der Waals surface area contributed by atoms with Gasteiger partial charge in [-0.25, -0.2) is 4.98 Å².